The van der Waals surface area contributed by atoms with Crippen LogP contribution in [0.3, 0.4) is 0 Å². The third-order valence-electron chi connectivity index (χ3n) is 3.96. The minimum atomic E-state index is 0.165. The van der Waals surface area contributed by atoms with Crippen LogP contribution in [0.2, 0.25) is 0 Å². The van der Waals surface area contributed by atoms with Crippen molar-refractivity contribution >= 4 is 17.2 Å². The molecule has 122 valence electrons. The van der Waals surface area contributed by atoms with E-state index >= 15 is 0 Å². The van der Waals surface area contributed by atoms with Gasteiger partial charge in [0.05, 0.1) is 11.4 Å². The largest absolute Gasteiger partial charge is 0.378 e. The van der Waals surface area contributed by atoms with Crippen molar-refractivity contribution in [1.29, 1.82) is 0 Å². The normalized spacial score (nSPS) is 16.4. The van der Waals surface area contributed by atoms with Gasteiger partial charge in [0, 0.05) is 5.71 Å². The van der Waals surface area contributed by atoms with Crippen LogP contribution in [0.4, 0.5) is 5.82 Å². The number of hydrogen-bond donors (Lipinski definition) is 1. The van der Waals surface area contributed by atoms with E-state index in [2.05, 4.69) is 35.5 Å². The second kappa shape index (κ2) is 6.67. The molecule has 0 aromatic carbocycles. The summed E-state index contributed by atoms with van der Waals surface area (Å²) < 4.78 is 6.08. The Kier molecular flexibility index (Phi) is 4.45. The van der Waals surface area contributed by atoms with E-state index < -0.39 is 0 Å². The van der Waals surface area contributed by atoms with Crippen LogP contribution < -0.4 is 5.73 Å². The molecule has 1 saturated carbocycles. The standard InChI is InChI=1S/C14H20N8O/c1-9(16-17-11-7-5-3-4-6-8-11)12-10(2)22(21-18-12)14-13(15)19-23-20-14/h3-8H2,1-2H3,(H2,15,19)/b16-9-. The lowest BCUT2D eigenvalue weighted by Gasteiger charge is -2.00. The van der Waals surface area contributed by atoms with Gasteiger partial charge in [-0.2, -0.15) is 14.9 Å². The third-order valence-corrected chi connectivity index (χ3v) is 3.96. The number of anilines is 1. The fraction of sp³-hybridized carbons (Fsp3) is 0.571. The number of aromatic nitrogens is 5. The van der Waals surface area contributed by atoms with E-state index in [1.54, 1.807) is 0 Å². The van der Waals surface area contributed by atoms with Crippen molar-refractivity contribution in [3.63, 3.8) is 0 Å². The molecular formula is C14H20N8O. The van der Waals surface area contributed by atoms with Crippen molar-refractivity contribution in [1.82, 2.24) is 25.3 Å². The van der Waals surface area contributed by atoms with Crippen molar-refractivity contribution in [2.75, 3.05) is 5.73 Å². The lowest BCUT2D eigenvalue weighted by atomic mass is 10.2. The number of rotatable bonds is 3. The Morgan fingerprint density at radius 1 is 1.17 bits per heavy atom. The minimum Gasteiger partial charge on any atom is -0.378 e. The van der Waals surface area contributed by atoms with Crippen molar-refractivity contribution in [3.05, 3.63) is 11.4 Å². The lowest BCUT2D eigenvalue weighted by molar-refractivity contribution is 0.306. The summed E-state index contributed by atoms with van der Waals surface area (Å²) in [6, 6.07) is 0. The molecular weight excluding hydrogens is 296 g/mol. The Labute approximate surface area is 133 Å². The Morgan fingerprint density at radius 3 is 2.57 bits per heavy atom. The van der Waals surface area contributed by atoms with E-state index in [1.165, 1.54) is 30.4 Å². The Hall–Kier alpha value is -2.58. The molecule has 1 aliphatic rings. The van der Waals surface area contributed by atoms with Crippen LogP contribution in [-0.4, -0.2) is 36.7 Å². The molecule has 0 amide bonds. The maximum absolute atomic E-state index is 5.69. The van der Waals surface area contributed by atoms with Crippen LogP contribution in [0.1, 0.15) is 56.8 Å². The Bertz CT molecular complexity index is 732. The molecule has 9 heteroatoms. The lowest BCUT2D eigenvalue weighted by Crippen LogP contribution is -2.05. The molecule has 2 heterocycles. The van der Waals surface area contributed by atoms with Gasteiger partial charge in [0.1, 0.15) is 5.69 Å². The fourth-order valence-corrected chi connectivity index (χ4v) is 2.63. The van der Waals surface area contributed by atoms with E-state index in [-0.39, 0.29) is 5.82 Å². The number of nitrogen functional groups attached to an aromatic ring is 1. The van der Waals surface area contributed by atoms with Gasteiger partial charge in [0.25, 0.3) is 0 Å². The zero-order valence-electron chi connectivity index (χ0n) is 13.4. The topological polar surface area (TPSA) is 120 Å². The number of nitrogens with two attached hydrogens (primary N) is 1. The predicted octanol–water partition coefficient (Wildman–Crippen LogP) is 2.06. The minimum absolute atomic E-state index is 0.165. The van der Waals surface area contributed by atoms with Crippen LogP contribution in [0.5, 0.6) is 0 Å². The summed E-state index contributed by atoms with van der Waals surface area (Å²) in [6.07, 6.45) is 7.01. The molecule has 9 nitrogen and oxygen atoms in total. The van der Waals surface area contributed by atoms with Gasteiger partial charge in [-0.3, -0.25) is 0 Å². The highest BCUT2D eigenvalue weighted by molar-refractivity contribution is 5.98. The smallest absolute Gasteiger partial charge is 0.243 e. The highest BCUT2D eigenvalue weighted by Crippen LogP contribution is 2.17. The Balaban J connectivity index is 1.84. The van der Waals surface area contributed by atoms with Gasteiger partial charge in [-0.1, -0.05) is 18.1 Å². The molecule has 0 bridgehead atoms. The average molecular weight is 316 g/mol. The van der Waals surface area contributed by atoms with E-state index in [0.717, 1.165) is 24.2 Å². The monoisotopic (exact) mass is 316 g/mol. The Morgan fingerprint density at radius 2 is 1.91 bits per heavy atom. The highest BCUT2D eigenvalue weighted by Gasteiger charge is 2.17. The molecule has 0 spiro atoms. The quantitative estimate of drug-likeness (QED) is 0.525. The summed E-state index contributed by atoms with van der Waals surface area (Å²) in [5, 5.41) is 24.2. The summed E-state index contributed by atoms with van der Waals surface area (Å²) in [5.41, 5.74) is 8.98. The van der Waals surface area contributed by atoms with Gasteiger partial charge in [-0.05, 0) is 49.8 Å². The maximum atomic E-state index is 5.69. The van der Waals surface area contributed by atoms with Crippen molar-refractivity contribution < 1.29 is 4.63 Å². The van der Waals surface area contributed by atoms with Gasteiger partial charge in [-0.25, -0.2) is 4.63 Å². The van der Waals surface area contributed by atoms with Gasteiger partial charge in [0.15, 0.2) is 0 Å². The first-order valence-corrected chi connectivity index (χ1v) is 7.78. The van der Waals surface area contributed by atoms with Crippen molar-refractivity contribution in [2.24, 2.45) is 10.2 Å². The molecule has 0 unspecified atom stereocenters. The van der Waals surface area contributed by atoms with Gasteiger partial charge in [-0.15, -0.1) is 5.10 Å². The van der Waals surface area contributed by atoms with Crippen LogP contribution in [0, 0.1) is 6.92 Å². The first-order valence-electron chi connectivity index (χ1n) is 7.78. The molecule has 0 aliphatic heterocycles. The van der Waals surface area contributed by atoms with E-state index in [1.807, 2.05) is 13.8 Å². The second-order valence-corrected chi connectivity index (χ2v) is 5.67. The average Bonchev–Trinajstić information content (AvgIpc) is 3.02. The number of nitrogens with zero attached hydrogens (tertiary/aromatic N) is 7. The molecule has 0 radical (unpaired) electrons. The maximum Gasteiger partial charge on any atom is 0.243 e. The van der Waals surface area contributed by atoms with Crippen LogP contribution in [-0.2, 0) is 0 Å². The second-order valence-electron chi connectivity index (χ2n) is 5.67. The molecule has 2 aromatic heterocycles. The molecule has 23 heavy (non-hydrogen) atoms. The molecule has 0 atom stereocenters. The fourth-order valence-electron chi connectivity index (χ4n) is 2.63. The third kappa shape index (κ3) is 3.27. The molecule has 0 saturated heterocycles. The van der Waals surface area contributed by atoms with Crippen molar-refractivity contribution in [2.45, 2.75) is 52.4 Å². The van der Waals surface area contributed by atoms with Gasteiger partial charge >= 0.3 is 0 Å². The highest BCUT2D eigenvalue weighted by atomic mass is 16.6. The molecule has 2 N–H and O–H groups in total. The predicted molar refractivity (Wildman–Crippen MR) is 85.7 cm³/mol. The summed E-state index contributed by atoms with van der Waals surface area (Å²) in [5.74, 6) is 0.488. The van der Waals surface area contributed by atoms with Crippen LogP contribution >= 0.6 is 0 Å². The van der Waals surface area contributed by atoms with Crippen LogP contribution in [0.15, 0.2) is 14.8 Å². The summed E-state index contributed by atoms with van der Waals surface area (Å²) >= 11 is 0. The summed E-state index contributed by atoms with van der Waals surface area (Å²) in [6.45, 7) is 3.73. The molecule has 1 aliphatic carbocycles. The van der Waals surface area contributed by atoms with E-state index in [4.69, 9.17) is 5.73 Å². The zero-order valence-corrected chi connectivity index (χ0v) is 13.4. The van der Waals surface area contributed by atoms with Crippen LogP contribution in [0.25, 0.3) is 5.82 Å². The summed E-state index contributed by atoms with van der Waals surface area (Å²) in [7, 11) is 0. The first-order chi connectivity index (χ1) is 11.2. The van der Waals surface area contributed by atoms with E-state index in [0.29, 0.717) is 17.2 Å². The van der Waals surface area contributed by atoms with Crippen molar-refractivity contribution in [3.8, 4) is 5.82 Å². The van der Waals surface area contributed by atoms with Gasteiger partial charge < -0.3 is 5.73 Å². The molecule has 1 fully saturated rings. The summed E-state index contributed by atoms with van der Waals surface area (Å²) in [4.78, 5) is 0. The van der Waals surface area contributed by atoms with E-state index in [9.17, 15) is 0 Å². The van der Waals surface area contributed by atoms with Gasteiger partial charge in [0.2, 0.25) is 11.6 Å². The molecule has 2 aromatic rings. The zero-order chi connectivity index (χ0) is 16.2. The molecule has 3 rings (SSSR count). The SMILES string of the molecule is C/C(=N/N=C1CCCCCC1)c1nnn(-c2nonc2N)c1C. The number of hydrogen-bond acceptors (Lipinski definition) is 8. The first kappa shape index (κ1) is 15.3.